The Morgan fingerprint density at radius 1 is 1.32 bits per heavy atom. The van der Waals surface area contributed by atoms with Gasteiger partial charge in [-0.15, -0.1) is 0 Å². The van der Waals surface area contributed by atoms with Crippen LogP contribution in [0.15, 0.2) is 0 Å². The molecule has 1 saturated heterocycles. The summed E-state index contributed by atoms with van der Waals surface area (Å²) < 4.78 is 0. The van der Waals surface area contributed by atoms with E-state index in [9.17, 15) is 9.90 Å². The minimum absolute atomic E-state index is 0.402. The van der Waals surface area contributed by atoms with Gasteiger partial charge in [-0.2, -0.15) is 0 Å². The smallest absolute Gasteiger partial charge is 0.322 e. The van der Waals surface area contributed by atoms with Gasteiger partial charge in [0.1, 0.15) is 6.04 Å². The van der Waals surface area contributed by atoms with E-state index in [0.29, 0.717) is 12.6 Å². The molecule has 2 aliphatic rings. The third-order valence-corrected chi connectivity index (χ3v) is 4.71. The summed E-state index contributed by atoms with van der Waals surface area (Å²) in [5, 5.41) is 12.5. The number of carboxylic acids is 1. The maximum absolute atomic E-state index is 11.3. The normalized spacial score (nSPS) is 29.7. The Bertz CT molecular complexity index is 294. The Morgan fingerprint density at radius 3 is 2.79 bits per heavy atom. The summed E-state index contributed by atoms with van der Waals surface area (Å²) in [5.41, 5.74) is 0. The number of hydrogen-bond donors (Lipinski definition) is 2. The third-order valence-electron chi connectivity index (χ3n) is 4.71. The van der Waals surface area contributed by atoms with Gasteiger partial charge in [0.2, 0.25) is 0 Å². The number of carboxylic acid groups (broad SMARTS) is 1. The van der Waals surface area contributed by atoms with Crippen LogP contribution in [-0.4, -0.2) is 47.7 Å². The van der Waals surface area contributed by atoms with E-state index < -0.39 is 12.0 Å². The summed E-state index contributed by atoms with van der Waals surface area (Å²) in [6.45, 7) is 4.62. The standard InChI is InChI=1S/C15H28N2O2/c1-2-9-16-13(15(18)19)11-17-10-5-7-12-6-3-4-8-14(12)17/h12-14,16H,2-11H2,1H3,(H,18,19)/t12-,13?,14-/m1/s1. The maximum atomic E-state index is 11.3. The van der Waals surface area contributed by atoms with Gasteiger partial charge in [-0.1, -0.05) is 19.8 Å². The highest BCUT2D eigenvalue weighted by Crippen LogP contribution is 2.35. The number of likely N-dealkylation sites (tertiary alicyclic amines) is 1. The predicted molar refractivity (Wildman–Crippen MR) is 76.3 cm³/mol. The highest BCUT2D eigenvalue weighted by atomic mass is 16.4. The fourth-order valence-electron chi connectivity index (χ4n) is 3.74. The number of carbonyl (C=O) groups is 1. The van der Waals surface area contributed by atoms with Crippen LogP contribution in [0.1, 0.15) is 51.9 Å². The van der Waals surface area contributed by atoms with E-state index in [-0.39, 0.29) is 0 Å². The van der Waals surface area contributed by atoms with Gasteiger partial charge in [-0.25, -0.2) is 0 Å². The van der Waals surface area contributed by atoms with Gasteiger partial charge in [0.15, 0.2) is 0 Å². The first-order valence-corrected chi connectivity index (χ1v) is 7.92. The van der Waals surface area contributed by atoms with E-state index in [0.717, 1.165) is 25.4 Å². The average molecular weight is 268 g/mol. The highest BCUT2D eigenvalue weighted by Gasteiger charge is 2.34. The lowest BCUT2D eigenvalue weighted by Crippen LogP contribution is -2.54. The average Bonchev–Trinajstić information content (AvgIpc) is 2.43. The lowest BCUT2D eigenvalue weighted by atomic mass is 9.78. The van der Waals surface area contributed by atoms with Gasteiger partial charge >= 0.3 is 5.97 Å². The van der Waals surface area contributed by atoms with Crippen molar-refractivity contribution >= 4 is 5.97 Å². The maximum Gasteiger partial charge on any atom is 0.322 e. The lowest BCUT2D eigenvalue weighted by Gasteiger charge is -2.45. The van der Waals surface area contributed by atoms with Crippen molar-refractivity contribution in [3.8, 4) is 0 Å². The zero-order chi connectivity index (χ0) is 13.7. The van der Waals surface area contributed by atoms with Crippen LogP contribution in [0, 0.1) is 5.92 Å². The summed E-state index contributed by atoms with van der Waals surface area (Å²) in [4.78, 5) is 13.8. The summed E-state index contributed by atoms with van der Waals surface area (Å²) in [6.07, 6.45) is 8.87. The summed E-state index contributed by atoms with van der Waals surface area (Å²) in [6, 6.07) is 0.244. The number of nitrogens with zero attached hydrogens (tertiary/aromatic N) is 1. The molecule has 0 aromatic heterocycles. The van der Waals surface area contributed by atoms with Crippen LogP contribution in [0.2, 0.25) is 0 Å². The van der Waals surface area contributed by atoms with Crippen LogP contribution in [0.4, 0.5) is 0 Å². The molecule has 0 bridgehead atoms. The van der Waals surface area contributed by atoms with E-state index in [4.69, 9.17) is 0 Å². The molecular weight excluding hydrogens is 240 g/mol. The molecule has 1 aliphatic carbocycles. The van der Waals surface area contributed by atoms with Gasteiger partial charge in [-0.05, 0) is 51.1 Å². The molecule has 4 nitrogen and oxygen atoms in total. The molecule has 2 N–H and O–H groups in total. The van der Waals surface area contributed by atoms with Crippen LogP contribution in [0.5, 0.6) is 0 Å². The highest BCUT2D eigenvalue weighted by molar-refractivity contribution is 5.73. The van der Waals surface area contributed by atoms with Crippen molar-refractivity contribution in [2.24, 2.45) is 5.92 Å². The Balaban J connectivity index is 1.92. The topological polar surface area (TPSA) is 52.6 Å². The van der Waals surface area contributed by atoms with E-state index in [2.05, 4.69) is 17.1 Å². The predicted octanol–water partition coefficient (Wildman–Crippen LogP) is 2.09. The number of fused-ring (bicyclic) bond motifs is 1. The van der Waals surface area contributed by atoms with Crippen LogP contribution in [0.25, 0.3) is 0 Å². The molecule has 0 amide bonds. The van der Waals surface area contributed by atoms with Crippen molar-refractivity contribution in [3.05, 3.63) is 0 Å². The van der Waals surface area contributed by atoms with Gasteiger partial charge in [0, 0.05) is 12.6 Å². The second kappa shape index (κ2) is 7.25. The number of rotatable bonds is 6. The monoisotopic (exact) mass is 268 g/mol. The van der Waals surface area contributed by atoms with Gasteiger partial charge in [0.05, 0.1) is 0 Å². The Morgan fingerprint density at radius 2 is 2.05 bits per heavy atom. The van der Waals surface area contributed by atoms with Crippen molar-refractivity contribution in [2.45, 2.75) is 64.0 Å². The molecule has 1 saturated carbocycles. The lowest BCUT2D eigenvalue weighted by molar-refractivity contribution is -0.140. The summed E-state index contributed by atoms with van der Waals surface area (Å²) in [5.74, 6) is 0.120. The fraction of sp³-hybridized carbons (Fsp3) is 0.933. The molecule has 110 valence electrons. The molecule has 1 heterocycles. The van der Waals surface area contributed by atoms with Crippen LogP contribution in [0.3, 0.4) is 0 Å². The Kier molecular flexibility index (Phi) is 5.64. The Labute approximate surface area is 116 Å². The molecule has 19 heavy (non-hydrogen) atoms. The molecular formula is C15H28N2O2. The zero-order valence-electron chi connectivity index (χ0n) is 12.1. The van der Waals surface area contributed by atoms with Crippen molar-refractivity contribution in [1.29, 1.82) is 0 Å². The molecule has 1 unspecified atom stereocenters. The molecule has 0 radical (unpaired) electrons. The quantitative estimate of drug-likeness (QED) is 0.774. The second-order valence-electron chi connectivity index (χ2n) is 6.09. The van der Waals surface area contributed by atoms with Gasteiger partial charge in [-0.3, -0.25) is 9.69 Å². The Hall–Kier alpha value is -0.610. The molecule has 0 aromatic rings. The first-order valence-electron chi connectivity index (χ1n) is 7.92. The molecule has 2 rings (SSSR count). The zero-order valence-corrected chi connectivity index (χ0v) is 12.1. The van der Waals surface area contributed by atoms with Crippen LogP contribution in [-0.2, 0) is 4.79 Å². The number of hydrogen-bond acceptors (Lipinski definition) is 3. The molecule has 0 aromatic carbocycles. The summed E-state index contributed by atoms with van der Waals surface area (Å²) in [7, 11) is 0. The van der Waals surface area contributed by atoms with E-state index in [1.165, 1.54) is 38.5 Å². The largest absolute Gasteiger partial charge is 0.480 e. The number of nitrogens with one attached hydrogen (secondary N) is 1. The number of piperidine rings is 1. The minimum atomic E-state index is -0.702. The second-order valence-corrected chi connectivity index (χ2v) is 6.09. The SMILES string of the molecule is CCCNC(CN1CCC[C@H]2CCCC[C@H]21)C(=O)O. The van der Waals surface area contributed by atoms with Crippen LogP contribution < -0.4 is 5.32 Å². The first-order chi connectivity index (χ1) is 9.22. The number of aliphatic carboxylic acids is 1. The van der Waals surface area contributed by atoms with Crippen LogP contribution >= 0.6 is 0 Å². The third kappa shape index (κ3) is 3.93. The first kappa shape index (κ1) is 14.8. The molecule has 0 spiro atoms. The van der Waals surface area contributed by atoms with Crippen molar-refractivity contribution in [2.75, 3.05) is 19.6 Å². The summed E-state index contributed by atoms with van der Waals surface area (Å²) >= 11 is 0. The van der Waals surface area contributed by atoms with E-state index in [1.54, 1.807) is 0 Å². The minimum Gasteiger partial charge on any atom is -0.480 e. The molecule has 1 aliphatic heterocycles. The fourth-order valence-corrected chi connectivity index (χ4v) is 3.74. The van der Waals surface area contributed by atoms with Gasteiger partial charge < -0.3 is 10.4 Å². The van der Waals surface area contributed by atoms with Crippen molar-refractivity contribution < 1.29 is 9.90 Å². The van der Waals surface area contributed by atoms with Crippen molar-refractivity contribution in [3.63, 3.8) is 0 Å². The molecule has 3 atom stereocenters. The molecule has 2 fully saturated rings. The molecule has 4 heteroatoms. The van der Waals surface area contributed by atoms with Crippen molar-refractivity contribution in [1.82, 2.24) is 10.2 Å². The van der Waals surface area contributed by atoms with E-state index in [1.807, 2.05) is 0 Å². The van der Waals surface area contributed by atoms with Gasteiger partial charge in [0.25, 0.3) is 0 Å². The van der Waals surface area contributed by atoms with E-state index >= 15 is 0 Å².